The molecule has 1 aromatic carbocycles. The van der Waals surface area contributed by atoms with Gasteiger partial charge in [-0.15, -0.1) is 0 Å². The van der Waals surface area contributed by atoms with Crippen LogP contribution in [0, 0.1) is 6.92 Å². The van der Waals surface area contributed by atoms with E-state index < -0.39 is 0 Å². The summed E-state index contributed by atoms with van der Waals surface area (Å²) >= 11 is 3.50. The first-order chi connectivity index (χ1) is 6.52. The average molecular weight is 254 g/mol. The van der Waals surface area contributed by atoms with E-state index in [4.69, 9.17) is 0 Å². The van der Waals surface area contributed by atoms with E-state index in [1.807, 2.05) is 27.0 Å². The second kappa shape index (κ2) is 3.09. The fourth-order valence-corrected chi connectivity index (χ4v) is 2.84. The van der Waals surface area contributed by atoms with Gasteiger partial charge in [0.2, 0.25) is 5.91 Å². The maximum absolute atomic E-state index is 11.7. The summed E-state index contributed by atoms with van der Waals surface area (Å²) in [5.41, 5.74) is 3.34. The summed E-state index contributed by atoms with van der Waals surface area (Å²) in [6.45, 7) is 4.00. The minimum atomic E-state index is -0.00815. The average Bonchev–Trinajstić information content (AvgIpc) is 2.31. The minimum absolute atomic E-state index is 0.00815. The fraction of sp³-hybridized carbons (Fsp3) is 0.364. The topological polar surface area (TPSA) is 20.3 Å². The van der Waals surface area contributed by atoms with E-state index in [2.05, 4.69) is 22.0 Å². The summed E-state index contributed by atoms with van der Waals surface area (Å²) in [6.07, 6.45) is 0. The van der Waals surface area contributed by atoms with Crippen LogP contribution < -0.4 is 4.90 Å². The van der Waals surface area contributed by atoms with Crippen LogP contribution in [0.25, 0.3) is 0 Å². The van der Waals surface area contributed by atoms with E-state index in [0.717, 1.165) is 15.7 Å². The minimum Gasteiger partial charge on any atom is -0.314 e. The Bertz CT molecular complexity index is 414. The monoisotopic (exact) mass is 253 g/mol. The third-order valence-corrected chi connectivity index (χ3v) is 3.34. The second-order valence-electron chi connectivity index (χ2n) is 3.80. The summed E-state index contributed by atoms with van der Waals surface area (Å²) in [5, 5.41) is 0. The Morgan fingerprint density at radius 2 is 2.07 bits per heavy atom. The lowest BCUT2D eigenvalue weighted by atomic mass is 10.0. The van der Waals surface area contributed by atoms with Crippen molar-refractivity contribution >= 4 is 27.5 Å². The lowest BCUT2D eigenvalue weighted by Gasteiger charge is -2.12. The van der Waals surface area contributed by atoms with E-state index in [-0.39, 0.29) is 11.8 Å². The summed E-state index contributed by atoms with van der Waals surface area (Å²) in [6, 6.07) is 4.13. The lowest BCUT2D eigenvalue weighted by molar-refractivity contribution is -0.118. The SMILES string of the molecule is Cc1cc(Br)c2c(c1)[C@@H](C)C(=O)N2C. The van der Waals surface area contributed by atoms with Gasteiger partial charge in [0, 0.05) is 11.5 Å². The van der Waals surface area contributed by atoms with Gasteiger partial charge in [-0.3, -0.25) is 4.79 Å². The van der Waals surface area contributed by atoms with Gasteiger partial charge in [-0.05, 0) is 47.0 Å². The molecule has 1 aliphatic heterocycles. The first-order valence-electron chi connectivity index (χ1n) is 4.60. The van der Waals surface area contributed by atoms with Crippen LogP contribution in [0.2, 0.25) is 0 Å². The Labute approximate surface area is 92.0 Å². The molecule has 3 heteroatoms. The largest absolute Gasteiger partial charge is 0.314 e. The molecule has 74 valence electrons. The number of carbonyl (C=O) groups is 1. The molecule has 1 aromatic rings. The van der Waals surface area contributed by atoms with E-state index in [0.29, 0.717) is 0 Å². The molecular formula is C11H12BrNO. The molecule has 0 unspecified atom stereocenters. The van der Waals surface area contributed by atoms with Gasteiger partial charge in [0.05, 0.1) is 11.6 Å². The molecule has 0 aliphatic carbocycles. The number of fused-ring (bicyclic) bond motifs is 1. The number of nitrogens with zero attached hydrogens (tertiary/aromatic N) is 1. The third-order valence-electron chi connectivity index (χ3n) is 2.74. The Kier molecular flexibility index (Phi) is 2.14. The summed E-state index contributed by atoms with van der Waals surface area (Å²) < 4.78 is 1.01. The first-order valence-corrected chi connectivity index (χ1v) is 5.39. The molecule has 1 atom stereocenters. The Balaban J connectivity index is 2.69. The van der Waals surface area contributed by atoms with Crippen molar-refractivity contribution in [3.8, 4) is 0 Å². The number of anilines is 1. The van der Waals surface area contributed by atoms with Gasteiger partial charge in [0.25, 0.3) is 0 Å². The Morgan fingerprint density at radius 1 is 1.43 bits per heavy atom. The molecule has 0 saturated heterocycles. The molecule has 0 bridgehead atoms. The molecule has 2 nitrogen and oxygen atoms in total. The highest BCUT2D eigenvalue weighted by Gasteiger charge is 2.33. The quantitative estimate of drug-likeness (QED) is 0.697. The highest BCUT2D eigenvalue weighted by atomic mass is 79.9. The number of halogens is 1. The van der Waals surface area contributed by atoms with Crippen molar-refractivity contribution in [1.29, 1.82) is 0 Å². The Morgan fingerprint density at radius 3 is 2.71 bits per heavy atom. The third kappa shape index (κ3) is 1.19. The number of hydrogen-bond acceptors (Lipinski definition) is 1. The van der Waals surface area contributed by atoms with Crippen LogP contribution in [0.1, 0.15) is 24.0 Å². The molecule has 14 heavy (non-hydrogen) atoms. The molecule has 1 amide bonds. The first kappa shape index (κ1) is 9.71. The number of aryl methyl sites for hydroxylation is 1. The van der Waals surface area contributed by atoms with Gasteiger partial charge in [0.15, 0.2) is 0 Å². The molecule has 0 radical (unpaired) electrons. The number of carbonyl (C=O) groups excluding carboxylic acids is 1. The maximum atomic E-state index is 11.7. The Hall–Kier alpha value is -0.830. The van der Waals surface area contributed by atoms with Crippen LogP contribution in [0.15, 0.2) is 16.6 Å². The van der Waals surface area contributed by atoms with Crippen LogP contribution in [0.4, 0.5) is 5.69 Å². The van der Waals surface area contributed by atoms with Gasteiger partial charge in [-0.25, -0.2) is 0 Å². The number of amides is 1. The van der Waals surface area contributed by atoms with Gasteiger partial charge in [-0.1, -0.05) is 6.07 Å². The van der Waals surface area contributed by atoms with Crippen LogP contribution in [0.3, 0.4) is 0 Å². The zero-order chi connectivity index (χ0) is 10.5. The second-order valence-corrected chi connectivity index (χ2v) is 4.66. The van der Waals surface area contributed by atoms with Gasteiger partial charge < -0.3 is 4.90 Å². The van der Waals surface area contributed by atoms with Crippen LogP contribution in [-0.4, -0.2) is 13.0 Å². The number of rotatable bonds is 0. The van der Waals surface area contributed by atoms with E-state index in [9.17, 15) is 4.79 Å². The predicted molar refractivity (Wildman–Crippen MR) is 60.7 cm³/mol. The molecule has 1 aliphatic rings. The zero-order valence-electron chi connectivity index (χ0n) is 8.47. The summed E-state index contributed by atoms with van der Waals surface area (Å²) in [5.74, 6) is 0.164. The normalized spacial score (nSPS) is 20.1. The van der Waals surface area contributed by atoms with E-state index in [1.165, 1.54) is 5.56 Å². The smallest absolute Gasteiger partial charge is 0.234 e. The fourth-order valence-electron chi connectivity index (χ4n) is 1.98. The van der Waals surface area contributed by atoms with Crippen molar-refractivity contribution in [1.82, 2.24) is 0 Å². The van der Waals surface area contributed by atoms with Gasteiger partial charge in [0.1, 0.15) is 0 Å². The molecule has 1 heterocycles. The molecule has 0 spiro atoms. The highest BCUT2D eigenvalue weighted by Crippen LogP contribution is 2.41. The van der Waals surface area contributed by atoms with Crippen LogP contribution >= 0.6 is 15.9 Å². The molecule has 0 N–H and O–H groups in total. The number of benzene rings is 1. The zero-order valence-corrected chi connectivity index (χ0v) is 10.1. The summed E-state index contributed by atoms with van der Waals surface area (Å²) in [7, 11) is 1.82. The van der Waals surface area contributed by atoms with Crippen molar-refractivity contribution < 1.29 is 4.79 Å². The molecule has 0 saturated carbocycles. The summed E-state index contributed by atoms with van der Waals surface area (Å²) in [4.78, 5) is 13.5. The van der Waals surface area contributed by atoms with Crippen molar-refractivity contribution in [2.24, 2.45) is 0 Å². The van der Waals surface area contributed by atoms with E-state index in [1.54, 1.807) is 4.90 Å². The van der Waals surface area contributed by atoms with Crippen molar-refractivity contribution in [2.45, 2.75) is 19.8 Å². The van der Waals surface area contributed by atoms with Crippen LogP contribution in [0.5, 0.6) is 0 Å². The molecular weight excluding hydrogens is 242 g/mol. The van der Waals surface area contributed by atoms with Gasteiger partial charge in [-0.2, -0.15) is 0 Å². The molecule has 2 rings (SSSR count). The molecule has 0 aromatic heterocycles. The maximum Gasteiger partial charge on any atom is 0.234 e. The number of hydrogen-bond donors (Lipinski definition) is 0. The van der Waals surface area contributed by atoms with Crippen molar-refractivity contribution in [3.05, 3.63) is 27.7 Å². The lowest BCUT2D eigenvalue weighted by Crippen LogP contribution is -2.22. The highest BCUT2D eigenvalue weighted by molar-refractivity contribution is 9.10. The standard InChI is InChI=1S/C11H12BrNO/c1-6-4-8-7(2)11(14)13(3)10(8)9(12)5-6/h4-5,7H,1-3H3/t7-/m1/s1. The van der Waals surface area contributed by atoms with Crippen molar-refractivity contribution in [3.63, 3.8) is 0 Å². The van der Waals surface area contributed by atoms with Crippen LogP contribution in [-0.2, 0) is 4.79 Å². The van der Waals surface area contributed by atoms with Gasteiger partial charge >= 0.3 is 0 Å². The predicted octanol–water partition coefficient (Wildman–Crippen LogP) is 2.84. The van der Waals surface area contributed by atoms with Crippen molar-refractivity contribution in [2.75, 3.05) is 11.9 Å². The molecule has 0 fully saturated rings. The number of likely N-dealkylation sites (N-methyl/N-ethyl adjacent to an activating group) is 1. The van der Waals surface area contributed by atoms with E-state index >= 15 is 0 Å².